The maximum atomic E-state index is 12.4. The molecule has 35 heavy (non-hydrogen) atoms. The van der Waals surface area contributed by atoms with Gasteiger partial charge in [0.2, 0.25) is 5.91 Å². The van der Waals surface area contributed by atoms with Gasteiger partial charge in [0, 0.05) is 30.8 Å². The van der Waals surface area contributed by atoms with Crippen molar-refractivity contribution < 1.29 is 14.3 Å². The molecule has 5 heteroatoms. The van der Waals surface area contributed by atoms with Gasteiger partial charge in [0.25, 0.3) is 0 Å². The van der Waals surface area contributed by atoms with Crippen molar-refractivity contribution in [1.29, 1.82) is 0 Å². The number of carbonyl (C=O) groups excluding carboxylic acids is 2. The normalized spacial score (nSPS) is 20.7. The molecule has 5 nitrogen and oxygen atoms in total. The number of fused-ring (bicyclic) bond motifs is 1. The van der Waals surface area contributed by atoms with Crippen molar-refractivity contribution in [3.63, 3.8) is 0 Å². The van der Waals surface area contributed by atoms with Crippen LogP contribution in [-0.4, -0.2) is 49.4 Å². The number of nitrogens with zero attached hydrogens (tertiary/aromatic N) is 1. The maximum Gasteiger partial charge on any atom is 0.244 e. The van der Waals surface area contributed by atoms with E-state index in [-0.39, 0.29) is 17.7 Å². The molecule has 0 bridgehead atoms. The molecule has 0 aromatic heterocycles. The minimum atomic E-state index is -0.0201. The second-order valence-corrected chi connectivity index (χ2v) is 10.0. The van der Waals surface area contributed by atoms with Crippen LogP contribution < -0.4 is 10.1 Å². The standard InChI is InChI=1S/C30H38N2O3/c1-22(33)26-10-9-25-15-18-32(19-16-27(25)21-26)17-14-23-6-11-28(12-7-23)31-30(34)13-8-24-4-3-5-29(20-24)35-2/h3-5,8-10,13,20-21,23,28H,6-7,11-12,14-19H2,1-2H3,(H,31,34). The molecule has 1 fully saturated rings. The first kappa shape index (κ1) is 25.2. The highest BCUT2D eigenvalue weighted by Crippen LogP contribution is 2.28. The van der Waals surface area contributed by atoms with Gasteiger partial charge in [-0.05, 0) is 105 Å². The van der Waals surface area contributed by atoms with Gasteiger partial charge in [0.1, 0.15) is 5.75 Å². The van der Waals surface area contributed by atoms with Gasteiger partial charge in [-0.3, -0.25) is 9.59 Å². The zero-order chi connectivity index (χ0) is 24.6. The Morgan fingerprint density at radius 1 is 1.03 bits per heavy atom. The number of amides is 1. The molecule has 1 N–H and O–H groups in total. The zero-order valence-corrected chi connectivity index (χ0v) is 21.1. The van der Waals surface area contributed by atoms with Gasteiger partial charge in [0.05, 0.1) is 7.11 Å². The zero-order valence-electron chi connectivity index (χ0n) is 21.1. The van der Waals surface area contributed by atoms with Crippen LogP contribution in [0.1, 0.15) is 66.1 Å². The number of hydrogen-bond donors (Lipinski definition) is 1. The van der Waals surface area contributed by atoms with E-state index in [0.717, 1.165) is 68.1 Å². The molecule has 1 aliphatic heterocycles. The fraction of sp³-hybridized carbons (Fsp3) is 0.467. The van der Waals surface area contributed by atoms with Crippen LogP contribution in [-0.2, 0) is 17.6 Å². The Hall–Kier alpha value is -2.92. The van der Waals surface area contributed by atoms with E-state index >= 15 is 0 Å². The monoisotopic (exact) mass is 474 g/mol. The number of ketones is 1. The molecule has 0 unspecified atom stereocenters. The lowest BCUT2D eigenvalue weighted by Crippen LogP contribution is -2.37. The third-order valence-corrected chi connectivity index (χ3v) is 7.58. The molecule has 2 aromatic carbocycles. The number of Topliss-reactive ketones (excluding diaryl/α,β-unsaturated/α-hetero) is 1. The number of carbonyl (C=O) groups is 2. The van der Waals surface area contributed by atoms with Crippen LogP contribution in [0.5, 0.6) is 5.75 Å². The fourth-order valence-corrected chi connectivity index (χ4v) is 5.34. The fourth-order valence-electron chi connectivity index (χ4n) is 5.34. The summed E-state index contributed by atoms with van der Waals surface area (Å²) in [5.41, 5.74) is 4.53. The van der Waals surface area contributed by atoms with E-state index in [2.05, 4.69) is 22.3 Å². The van der Waals surface area contributed by atoms with E-state index in [0.29, 0.717) is 0 Å². The van der Waals surface area contributed by atoms with Crippen molar-refractivity contribution in [1.82, 2.24) is 10.2 Å². The molecule has 1 heterocycles. The lowest BCUT2D eigenvalue weighted by Gasteiger charge is -2.30. The number of rotatable bonds is 8. The predicted octanol–water partition coefficient (Wildman–Crippen LogP) is 5.08. The molecule has 1 aliphatic carbocycles. The molecule has 1 saturated carbocycles. The summed E-state index contributed by atoms with van der Waals surface area (Å²) >= 11 is 0. The first-order chi connectivity index (χ1) is 17.0. The summed E-state index contributed by atoms with van der Waals surface area (Å²) in [7, 11) is 1.64. The SMILES string of the molecule is COc1cccc(C=CC(=O)NC2CCC(CCN3CCc4ccc(C(C)=O)cc4CC3)CC2)c1. The molecule has 2 aromatic rings. The Balaban J connectivity index is 1.17. The minimum Gasteiger partial charge on any atom is -0.497 e. The van der Waals surface area contributed by atoms with E-state index in [9.17, 15) is 9.59 Å². The Morgan fingerprint density at radius 2 is 1.80 bits per heavy atom. The van der Waals surface area contributed by atoms with Crippen molar-refractivity contribution in [3.8, 4) is 5.75 Å². The largest absolute Gasteiger partial charge is 0.497 e. The number of nitrogens with one attached hydrogen (secondary N) is 1. The first-order valence-corrected chi connectivity index (χ1v) is 13.0. The summed E-state index contributed by atoms with van der Waals surface area (Å²) in [5, 5.41) is 3.18. The lowest BCUT2D eigenvalue weighted by molar-refractivity contribution is -0.117. The summed E-state index contributed by atoms with van der Waals surface area (Å²) in [6, 6.07) is 14.2. The van der Waals surface area contributed by atoms with Crippen LogP contribution in [0.15, 0.2) is 48.5 Å². The first-order valence-electron chi connectivity index (χ1n) is 13.0. The highest BCUT2D eigenvalue weighted by atomic mass is 16.5. The van der Waals surface area contributed by atoms with Crippen LogP contribution >= 0.6 is 0 Å². The second-order valence-electron chi connectivity index (χ2n) is 10.0. The molecule has 4 rings (SSSR count). The van der Waals surface area contributed by atoms with E-state index < -0.39 is 0 Å². The molecule has 1 amide bonds. The van der Waals surface area contributed by atoms with Gasteiger partial charge in [0.15, 0.2) is 5.78 Å². The summed E-state index contributed by atoms with van der Waals surface area (Å²) in [5.74, 6) is 1.66. The predicted molar refractivity (Wildman–Crippen MR) is 141 cm³/mol. The Kier molecular flexibility index (Phi) is 8.75. The van der Waals surface area contributed by atoms with Crippen molar-refractivity contribution >= 4 is 17.8 Å². The third kappa shape index (κ3) is 7.28. The van der Waals surface area contributed by atoms with E-state index in [1.165, 1.54) is 30.4 Å². The third-order valence-electron chi connectivity index (χ3n) is 7.58. The van der Waals surface area contributed by atoms with Crippen LogP contribution in [0.3, 0.4) is 0 Å². The van der Waals surface area contributed by atoms with Crippen molar-refractivity contribution in [3.05, 3.63) is 70.8 Å². The number of hydrogen-bond acceptors (Lipinski definition) is 4. The van der Waals surface area contributed by atoms with Crippen molar-refractivity contribution in [2.45, 2.75) is 57.9 Å². The van der Waals surface area contributed by atoms with Crippen molar-refractivity contribution in [2.24, 2.45) is 5.92 Å². The smallest absolute Gasteiger partial charge is 0.244 e. The topological polar surface area (TPSA) is 58.6 Å². The number of ether oxygens (including phenoxy) is 1. The highest BCUT2D eigenvalue weighted by molar-refractivity contribution is 5.94. The number of methoxy groups -OCH3 is 1. The average molecular weight is 475 g/mol. The van der Waals surface area contributed by atoms with Gasteiger partial charge in [-0.25, -0.2) is 0 Å². The summed E-state index contributed by atoms with van der Waals surface area (Å²) in [6.07, 6.45) is 11.3. The van der Waals surface area contributed by atoms with E-state index in [1.807, 2.05) is 36.4 Å². The maximum absolute atomic E-state index is 12.4. The van der Waals surface area contributed by atoms with Gasteiger partial charge in [-0.1, -0.05) is 24.3 Å². The van der Waals surface area contributed by atoms with Crippen LogP contribution in [0.2, 0.25) is 0 Å². The van der Waals surface area contributed by atoms with Gasteiger partial charge >= 0.3 is 0 Å². The molecule has 0 saturated heterocycles. The summed E-state index contributed by atoms with van der Waals surface area (Å²) in [6.45, 7) is 4.94. The Morgan fingerprint density at radius 3 is 2.54 bits per heavy atom. The van der Waals surface area contributed by atoms with Crippen LogP contribution in [0.4, 0.5) is 0 Å². The second kappa shape index (κ2) is 12.2. The highest BCUT2D eigenvalue weighted by Gasteiger charge is 2.23. The lowest BCUT2D eigenvalue weighted by atomic mass is 9.84. The summed E-state index contributed by atoms with van der Waals surface area (Å²) < 4.78 is 5.24. The summed E-state index contributed by atoms with van der Waals surface area (Å²) in [4.78, 5) is 26.7. The molecule has 186 valence electrons. The Labute approximate surface area is 209 Å². The molecule has 0 radical (unpaired) electrons. The quantitative estimate of drug-likeness (QED) is 0.428. The number of benzene rings is 2. The van der Waals surface area contributed by atoms with Crippen LogP contribution in [0.25, 0.3) is 6.08 Å². The average Bonchev–Trinajstić information content (AvgIpc) is 3.09. The molecule has 0 atom stereocenters. The minimum absolute atomic E-state index is 0.0201. The molecule has 0 spiro atoms. The molecular weight excluding hydrogens is 436 g/mol. The van der Waals surface area contributed by atoms with Crippen LogP contribution in [0, 0.1) is 5.92 Å². The van der Waals surface area contributed by atoms with Gasteiger partial charge in [-0.2, -0.15) is 0 Å². The Bertz CT molecular complexity index is 1050. The van der Waals surface area contributed by atoms with E-state index in [4.69, 9.17) is 4.74 Å². The van der Waals surface area contributed by atoms with Crippen molar-refractivity contribution in [2.75, 3.05) is 26.7 Å². The van der Waals surface area contributed by atoms with Gasteiger partial charge < -0.3 is 15.0 Å². The molecule has 2 aliphatic rings. The van der Waals surface area contributed by atoms with E-state index in [1.54, 1.807) is 20.1 Å². The van der Waals surface area contributed by atoms with Gasteiger partial charge in [-0.15, -0.1) is 0 Å². The molecular formula is C30H38N2O3.